The topological polar surface area (TPSA) is 78.7 Å². The van der Waals surface area contributed by atoms with E-state index in [9.17, 15) is 4.79 Å². The minimum absolute atomic E-state index is 0.124. The van der Waals surface area contributed by atoms with Gasteiger partial charge in [-0.15, -0.1) is 5.10 Å². The van der Waals surface area contributed by atoms with Crippen LogP contribution < -0.4 is 5.32 Å². The van der Waals surface area contributed by atoms with Crippen molar-refractivity contribution in [2.24, 2.45) is 0 Å². The first-order valence-corrected chi connectivity index (χ1v) is 5.61. The fourth-order valence-corrected chi connectivity index (χ4v) is 1.72. The highest BCUT2D eigenvalue weighted by molar-refractivity contribution is 7.10. The number of nitrogens with zero attached hydrogens (tertiary/aromatic N) is 3. The maximum Gasteiger partial charge on any atom is 0.229 e. The van der Waals surface area contributed by atoms with Crippen molar-refractivity contribution >= 4 is 22.4 Å². The van der Waals surface area contributed by atoms with Crippen LogP contribution in [0.5, 0.6) is 0 Å². The fraction of sp³-hybridized carbons (Fsp3) is 0.0909. The highest BCUT2D eigenvalue weighted by atomic mass is 32.1. The van der Waals surface area contributed by atoms with Crippen LogP contribution in [0.4, 0.5) is 5.00 Å². The maximum absolute atomic E-state index is 11.6. The highest BCUT2D eigenvalue weighted by Gasteiger charge is 2.05. The molecule has 0 aliphatic carbocycles. The lowest BCUT2D eigenvalue weighted by Crippen LogP contribution is -2.13. The van der Waals surface area contributed by atoms with E-state index >= 15 is 0 Å². The molecule has 0 fully saturated rings. The van der Waals surface area contributed by atoms with Gasteiger partial charge in [0.25, 0.3) is 0 Å². The third-order valence-electron chi connectivity index (χ3n) is 2.07. The molecule has 0 saturated carbocycles. The van der Waals surface area contributed by atoms with E-state index in [1.165, 1.54) is 6.20 Å². The number of nitriles is 1. The van der Waals surface area contributed by atoms with Crippen LogP contribution in [0.1, 0.15) is 11.1 Å². The van der Waals surface area contributed by atoms with Crippen LogP contribution >= 0.6 is 11.5 Å². The predicted octanol–water partition coefficient (Wildman–Crippen LogP) is 1.59. The SMILES string of the molecule is N#Cc1ccc(CC(=O)Nc2cnns2)cc1. The Labute approximate surface area is 102 Å². The van der Waals surface area contributed by atoms with Gasteiger partial charge in [-0.05, 0) is 17.7 Å². The van der Waals surface area contributed by atoms with Gasteiger partial charge in [-0.2, -0.15) is 5.26 Å². The molecule has 1 N–H and O–H groups in total. The molecule has 0 atom stereocenters. The van der Waals surface area contributed by atoms with Crippen molar-refractivity contribution in [3.8, 4) is 6.07 Å². The van der Waals surface area contributed by atoms with Crippen molar-refractivity contribution in [3.63, 3.8) is 0 Å². The number of nitrogens with one attached hydrogen (secondary N) is 1. The molecule has 1 aromatic heterocycles. The van der Waals surface area contributed by atoms with E-state index in [1.807, 2.05) is 6.07 Å². The molecule has 0 bridgehead atoms. The van der Waals surface area contributed by atoms with Crippen LogP contribution in [0.2, 0.25) is 0 Å². The first kappa shape index (κ1) is 11.2. The van der Waals surface area contributed by atoms with Gasteiger partial charge in [-0.1, -0.05) is 16.6 Å². The number of aromatic nitrogens is 2. The van der Waals surface area contributed by atoms with Crippen molar-refractivity contribution in [1.29, 1.82) is 5.26 Å². The maximum atomic E-state index is 11.6. The first-order chi connectivity index (χ1) is 8.28. The third kappa shape index (κ3) is 3.09. The lowest BCUT2D eigenvalue weighted by Gasteiger charge is -2.01. The quantitative estimate of drug-likeness (QED) is 0.889. The zero-order valence-electron chi connectivity index (χ0n) is 8.75. The molecule has 2 aromatic rings. The normalized spacial score (nSPS) is 9.59. The second-order valence-corrected chi connectivity index (χ2v) is 4.10. The highest BCUT2D eigenvalue weighted by Crippen LogP contribution is 2.10. The summed E-state index contributed by atoms with van der Waals surface area (Å²) in [4.78, 5) is 11.6. The molecule has 1 aromatic carbocycles. The minimum Gasteiger partial charge on any atom is -0.315 e. The van der Waals surface area contributed by atoms with E-state index in [0.29, 0.717) is 10.6 Å². The number of benzene rings is 1. The number of anilines is 1. The third-order valence-corrected chi connectivity index (χ3v) is 2.65. The summed E-state index contributed by atoms with van der Waals surface area (Å²) in [6, 6.07) is 8.94. The Balaban J connectivity index is 1.96. The average molecular weight is 244 g/mol. The zero-order valence-corrected chi connectivity index (χ0v) is 9.57. The number of carbonyl (C=O) groups excluding carboxylic acids is 1. The Morgan fingerprint density at radius 2 is 2.18 bits per heavy atom. The Morgan fingerprint density at radius 3 is 2.76 bits per heavy atom. The second kappa shape index (κ2) is 5.18. The zero-order chi connectivity index (χ0) is 12.1. The molecule has 1 amide bonds. The van der Waals surface area contributed by atoms with Crippen molar-refractivity contribution in [2.75, 3.05) is 5.32 Å². The summed E-state index contributed by atoms with van der Waals surface area (Å²) in [5, 5.41) is 15.6. The van der Waals surface area contributed by atoms with Gasteiger partial charge in [-0.3, -0.25) is 4.79 Å². The Hall–Kier alpha value is -2.26. The molecule has 0 unspecified atom stereocenters. The van der Waals surface area contributed by atoms with E-state index < -0.39 is 0 Å². The molecule has 1 heterocycles. The molecule has 0 aliphatic rings. The lowest BCUT2D eigenvalue weighted by molar-refractivity contribution is -0.115. The molecule has 84 valence electrons. The van der Waals surface area contributed by atoms with Gasteiger partial charge in [-0.25, -0.2) is 0 Å². The molecule has 6 heteroatoms. The van der Waals surface area contributed by atoms with E-state index in [2.05, 4.69) is 14.9 Å². The first-order valence-electron chi connectivity index (χ1n) is 4.84. The summed E-state index contributed by atoms with van der Waals surface area (Å²) < 4.78 is 3.65. The van der Waals surface area contributed by atoms with Crippen LogP contribution in [0, 0.1) is 11.3 Å². The number of amides is 1. The Bertz CT molecular complexity index is 542. The van der Waals surface area contributed by atoms with Crippen LogP contribution in [0.15, 0.2) is 30.5 Å². The van der Waals surface area contributed by atoms with Gasteiger partial charge in [0.2, 0.25) is 5.91 Å². The van der Waals surface area contributed by atoms with Gasteiger partial charge >= 0.3 is 0 Å². The number of hydrogen-bond acceptors (Lipinski definition) is 5. The molecule has 0 spiro atoms. The lowest BCUT2D eigenvalue weighted by atomic mass is 10.1. The average Bonchev–Trinajstić information content (AvgIpc) is 2.82. The summed E-state index contributed by atoms with van der Waals surface area (Å²) in [7, 11) is 0. The molecule has 0 radical (unpaired) electrons. The largest absolute Gasteiger partial charge is 0.315 e. The van der Waals surface area contributed by atoms with Gasteiger partial charge in [0, 0.05) is 11.5 Å². The van der Waals surface area contributed by atoms with Gasteiger partial charge in [0.05, 0.1) is 24.3 Å². The van der Waals surface area contributed by atoms with Crippen molar-refractivity contribution in [3.05, 3.63) is 41.6 Å². The van der Waals surface area contributed by atoms with Gasteiger partial charge in [0.1, 0.15) is 5.00 Å². The summed E-state index contributed by atoms with van der Waals surface area (Å²) in [6.07, 6.45) is 1.77. The van der Waals surface area contributed by atoms with Crippen molar-refractivity contribution in [1.82, 2.24) is 9.59 Å². The number of hydrogen-bond donors (Lipinski definition) is 1. The van der Waals surface area contributed by atoms with Crippen LogP contribution in [0.3, 0.4) is 0 Å². The van der Waals surface area contributed by atoms with E-state index in [0.717, 1.165) is 17.1 Å². The molecular weight excluding hydrogens is 236 g/mol. The van der Waals surface area contributed by atoms with Crippen molar-refractivity contribution in [2.45, 2.75) is 6.42 Å². The predicted molar refractivity (Wildman–Crippen MR) is 63.4 cm³/mol. The fourth-order valence-electron chi connectivity index (χ4n) is 1.29. The van der Waals surface area contributed by atoms with Gasteiger partial charge in [0.15, 0.2) is 0 Å². The smallest absolute Gasteiger partial charge is 0.229 e. The second-order valence-electron chi connectivity index (χ2n) is 3.32. The minimum atomic E-state index is -0.124. The number of carbonyl (C=O) groups is 1. The van der Waals surface area contributed by atoms with E-state index in [1.54, 1.807) is 24.3 Å². The molecule has 2 rings (SSSR count). The van der Waals surface area contributed by atoms with E-state index in [4.69, 9.17) is 5.26 Å². The van der Waals surface area contributed by atoms with Crippen LogP contribution in [-0.2, 0) is 11.2 Å². The molecule has 0 saturated heterocycles. The van der Waals surface area contributed by atoms with Gasteiger partial charge < -0.3 is 5.32 Å². The van der Waals surface area contributed by atoms with Crippen LogP contribution in [-0.4, -0.2) is 15.5 Å². The summed E-state index contributed by atoms with van der Waals surface area (Å²) in [5.41, 5.74) is 1.44. The Kier molecular flexibility index (Phi) is 3.43. The number of rotatable bonds is 3. The summed E-state index contributed by atoms with van der Waals surface area (Å²) >= 11 is 1.13. The molecule has 5 nitrogen and oxygen atoms in total. The van der Waals surface area contributed by atoms with E-state index in [-0.39, 0.29) is 12.3 Å². The molecule has 0 aliphatic heterocycles. The van der Waals surface area contributed by atoms with Crippen LogP contribution in [0.25, 0.3) is 0 Å². The summed E-state index contributed by atoms with van der Waals surface area (Å²) in [6.45, 7) is 0. The van der Waals surface area contributed by atoms with Crippen molar-refractivity contribution < 1.29 is 4.79 Å². The summed E-state index contributed by atoms with van der Waals surface area (Å²) in [5.74, 6) is -0.124. The molecule has 17 heavy (non-hydrogen) atoms. The standard InChI is InChI=1S/C11H8N4OS/c12-6-9-3-1-8(2-4-9)5-10(16)14-11-7-13-15-17-11/h1-4,7H,5H2,(H,14,16). The monoisotopic (exact) mass is 244 g/mol. The molecular formula is C11H8N4OS. The Morgan fingerprint density at radius 1 is 1.41 bits per heavy atom.